The lowest BCUT2D eigenvalue weighted by molar-refractivity contribution is 0.0934. The van der Waals surface area contributed by atoms with E-state index in [1.165, 1.54) is 5.56 Å². The van der Waals surface area contributed by atoms with E-state index in [-0.39, 0.29) is 11.9 Å². The molecule has 0 aliphatic rings. The molecule has 0 fully saturated rings. The molecule has 3 rings (SSSR count). The van der Waals surface area contributed by atoms with Crippen molar-refractivity contribution in [3.8, 4) is 5.69 Å². The predicted octanol–water partition coefficient (Wildman–Crippen LogP) is 4.32. The first-order valence-corrected chi connectivity index (χ1v) is 10.6. The summed E-state index contributed by atoms with van der Waals surface area (Å²) in [5, 5.41) is 7.67. The van der Waals surface area contributed by atoms with Gasteiger partial charge in [0, 0.05) is 24.8 Å². The summed E-state index contributed by atoms with van der Waals surface area (Å²) in [5.41, 5.74) is 3.75. The van der Waals surface area contributed by atoms with Crippen molar-refractivity contribution >= 4 is 5.91 Å². The molecule has 1 atom stereocenters. The fourth-order valence-electron chi connectivity index (χ4n) is 3.40. The van der Waals surface area contributed by atoms with Crippen LogP contribution in [0, 0.1) is 5.92 Å². The second kappa shape index (κ2) is 10.2. The molecule has 5 heteroatoms. The lowest BCUT2D eigenvalue weighted by Crippen LogP contribution is -2.39. The van der Waals surface area contributed by atoms with E-state index in [1.54, 1.807) is 0 Å². The van der Waals surface area contributed by atoms with Crippen LogP contribution in [0.25, 0.3) is 5.69 Å². The summed E-state index contributed by atoms with van der Waals surface area (Å²) >= 11 is 0. The highest BCUT2D eigenvalue weighted by atomic mass is 16.1. The number of aromatic nitrogens is 2. The van der Waals surface area contributed by atoms with Gasteiger partial charge in [-0.2, -0.15) is 5.10 Å². The van der Waals surface area contributed by atoms with E-state index in [1.807, 2.05) is 59.3 Å². The van der Waals surface area contributed by atoms with E-state index in [4.69, 9.17) is 0 Å². The Morgan fingerprint density at radius 1 is 1.03 bits per heavy atom. The molecular weight excluding hydrogens is 372 g/mol. The first-order chi connectivity index (χ1) is 14.4. The van der Waals surface area contributed by atoms with Gasteiger partial charge >= 0.3 is 0 Å². The molecule has 1 aromatic heterocycles. The highest BCUT2D eigenvalue weighted by molar-refractivity contribution is 5.92. The summed E-state index contributed by atoms with van der Waals surface area (Å²) in [6.07, 6.45) is 0.866. The van der Waals surface area contributed by atoms with Crippen LogP contribution in [-0.2, 0) is 13.0 Å². The molecule has 2 aromatic carbocycles. The third-order valence-electron chi connectivity index (χ3n) is 5.22. The van der Waals surface area contributed by atoms with Crippen LogP contribution >= 0.6 is 0 Å². The quantitative estimate of drug-likeness (QED) is 0.578. The summed E-state index contributed by atoms with van der Waals surface area (Å²) < 4.78 is 1.89. The molecule has 158 valence electrons. The van der Waals surface area contributed by atoms with Crippen LogP contribution < -0.4 is 5.32 Å². The van der Waals surface area contributed by atoms with Gasteiger partial charge in [-0.25, -0.2) is 4.68 Å². The van der Waals surface area contributed by atoms with E-state index in [9.17, 15) is 4.79 Å². The predicted molar refractivity (Wildman–Crippen MR) is 122 cm³/mol. The largest absolute Gasteiger partial charge is 0.349 e. The van der Waals surface area contributed by atoms with Gasteiger partial charge < -0.3 is 5.32 Å². The van der Waals surface area contributed by atoms with Gasteiger partial charge in [0.25, 0.3) is 5.91 Å². The number of para-hydroxylation sites is 1. The van der Waals surface area contributed by atoms with Crippen molar-refractivity contribution in [2.24, 2.45) is 5.92 Å². The molecule has 0 bridgehead atoms. The summed E-state index contributed by atoms with van der Waals surface area (Å²) in [4.78, 5) is 15.0. The minimum Gasteiger partial charge on any atom is -0.349 e. The number of amides is 1. The highest BCUT2D eigenvalue weighted by Gasteiger charge is 2.18. The second-order valence-corrected chi connectivity index (χ2v) is 8.33. The maximum atomic E-state index is 12.8. The lowest BCUT2D eigenvalue weighted by atomic mass is 10.1. The number of carbonyl (C=O) groups is 1. The average Bonchev–Trinajstić information content (AvgIpc) is 3.16. The van der Waals surface area contributed by atoms with Gasteiger partial charge in [0.15, 0.2) is 5.69 Å². The minimum absolute atomic E-state index is 0.130. The molecule has 0 saturated carbocycles. The second-order valence-electron chi connectivity index (χ2n) is 8.33. The standard InChI is InChI=1S/C25H32N4O/c1-19(2)15-23-16-24(27-29(23)22-13-9-6-10-14-22)25(30)26-17-20(3)28(4)18-21-11-7-5-8-12-21/h5-14,16,19-20H,15,17-18H2,1-4H3,(H,26,30). The van der Waals surface area contributed by atoms with Crippen molar-refractivity contribution < 1.29 is 4.79 Å². The normalized spacial score (nSPS) is 12.3. The van der Waals surface area contributed by atoms with Crippen LogP contribution in [0.15, 0.2) is 66.7 Å². The monoisotopic (exact) mass is 404 g/mol. The Kier molecular flexibility index (Phi) is 7.41. The van der Waals surface area contributed by atoms with Crippen molar-refractivity contribution in [1.29, 1.82) is 0 Å². The van der Waals surface area contributed by atoms with Crippen molar-refractivity contribution in [3.05, 3.63) is 83.7 Å². The van der Waals surface area contributed by atoms with Crippen LogP contribution in [-0.4, -0.2) is 40.2 Å². The van der Waals surface area contributed by atoms with Crippen LogP contribution in [0.1, 0.15) is 42.5 Å². The summed E-state index contributed by atoms with van der Waals surface area (Å²) in [5.74, 6) is 0.349. The SMILES string of the molecule is CC(C)Cc1cc(C(=O)NCC(C)N(C)Cc2ccccc2)nn1-c1ccccc1. The third-order valence-corrected chi connectivity index (χ3v) is 5.22. The van der Waals surface area contributed by atoms with Crippen molar-refractivity contribution in [3.63, 3.8) is 0 Å². The van der Waals surface area contributed by atoms with Gasteiger partial charge in [0.1, 0.15) is 0 Å². The summed E-state index contributed by atoms with van der Waals surface area (Å²) in [7, 11) is 2.08. The number of hydrogen-bond acceptors (Lipinski definition) is 3. The minimum atomic E-state index is -0.130. The molecule has 0 spiro atoms. The molecule has 3 aromatic rings. The Bertz CT molecular complexity index is 934. The Morgan fingerprint density at radius 3 is 2.30 bits per heavy atom. The Hall–Kier alpha value is -2.92. The highest BCUT2D eigenvalue weighted by Crippen LogP contribution is 2.16. The molecule has 1 N–H and O–H groups in total. The zero-order valence-electron chi connectivity index (χ0n) is 18.4. The van der Waals surface area contributed by atoms with Gasteiger partial charge in [-0.15, -0.1) is 0 Å². The van der Waals surface area contributed by atoms with E-state index >= 15 is 0 Å². The van der Waals surface area contributed by atoms with Gasteiger partial charge in [0.05, 0.1) is 5.69 Å². The molecule has 30 heavy (non-hydrogen) atoms. The average molecular weight is 405 g/mol. The maximum Gasteiger partial charge on any atom is 0.271 e. The summed E-state index contributed by atoms with van der Waals surface area (Å²) in [6.45, 7) is 7.88. The van der Waals surface area contributed by atoms with E-state index in [2.05, 4.69) is 55.3 Å². The molecule has 1 unspecified atom stereocenters. The molecule has 0 saturated heterocycles. The van der Waals surface area contributed by atoms with E-state index in [0.29, 0.717) is 18.2 Å². The van der Waals surface area contributed by atoms with E-state index in [0.717, 1.165) is 24.3 Å². The molecular formula is C25H32N4O. The fraction of sp³-hybridized carbons (Fsp3) is 0.360. The van der Waals surface area contributed by atoms with Crippen LogP contribution in [0.3, 0.4) is 0 Å². The van der Waals surface area contributed by atoms with E-state index < -0.39 is 0 Å². The van der Waals surface area contributed by atoms with Crippen LogP contribution in [0.4, 0.5) is 0 Å². The third kappa shape index (κ3) is 5.80. The number of likely N-dealkylation sites (N-methyl/N-ethyl adjacent to an activating group) is 1. The lowest BCUT2D eigenvalue weighted by Gasteiger charge is -2.24. The molecule has 1 amide bonds. The van der Waals surface area contributed by atoms with Crippen LogP contribution in [0.5, 0.6) is 0 Å². The Morgan fingerprint density at radius 2 is 1.67 bits per heavy atom. The van der Waals surface area contributed by atoms with Crippen molar-refractivity contribution in [2.75, 3.05) is 13.6 Å². The number of nitrogens with zero attached hydrogens (tertiary/aromatic N) is 3. The Balaban J connectivity index is 1.65. The fourth-order valence-corrected chi connectivity index (χ4v) is 3.40. The van der Waals surface area contributed by atoms with Crippen LogP contribution in [0.2, 0.25) is 0 Å². The number of carbonyl (C=O) groups excluding carboxylic acids is 1. The van der Waals surface area contributed by atoms with Gasteiger partial charge in [-0.1, -0.05) is 62.4 Å². The molecule has 0 radical (unpaired) electrons. The van der Waals surface area contributed by atoms with Crippen molar-refractivity contribution in [1.82, 2.24) is 20.0 Å². The van der Waals surface area contributed by atoms with Crippen molar-refractivity contribution in [2.45, 2.75) is 39.8 Å². The first kappa shape index (κ1) is 21.8. The molecule has 0 aliphatic carbocycles. The van der Waals surface area contributed by atoms with Gasteiger partial charge in [-0.05, 0) is 50.1 Å². The zero-order chi connectivity index (χ0) is 21.5. The number of rotatable bonds is 9. The molecule has 0 aliphatic heterocycles. The van der Waals surface area contributed by atoms with Gasteiger partial charge in [-0.3, -0.25) is 9.69 Å². The number of hydrogen-bond donors (Lipinski definition) is 1. The molecule has 1 heterocycles. The zero-order valence-corrected chi connectivity index (χ0v) is 18.4. The van der Waals surface area contributed by atoms with Gasteiger partial charge in [0.2, 0.25) is 0 Å². The first-order valence-electron chi connectivity index (χ1n) is 10.6. The molecule has 5 nitrogen and oxygen atoms in total. The maximum absolute atomic E-state index is 12.8. The Labute approximate surface area is 179 Å². The summed E-state index contributed by atoms with van der Waals surface area (Å²) in [6, 6.07) is 22.5. The topological polar surface area (TPSA) is 50.2 Å². The number of benzene rings is 2. The number of nitrogens with one attached hydrogen (secondary N) is 1. The smallest absolute Gasteiger partial charge is 0.271 e.